The summed E-state index contributed by atoms with van der Waals surface area (Å²) in [5, 5.41) is 14.4. The summed E-state index contributed by atoms with van der Waals surface area (Å²) in [6.45, 7) is 2.11. The zero-order valence-electron chi connectivity index (χ0n) is 18.6. The second-order valence-corrected chi connectivity index (χ2v) is 8.48. The summed E-state index contributed by atoms with van der Waals surface area (Å²) in [5.74, 6) is 0. The third kappa shape index (κ3) is 5.78. The average Bonchev–Trinajstić information content (AvgIpc) is 3.26. The van der Waals surface area contributed by atoms with Crippen LogP contribution in [-0.4, -0.2) is 40.4 Å². The first kappa shape index (κ1) is 23.4. The minimum absolute atomic E-state index is 0.182. The molecule has 0 amide bonds. The molecule has 2 N–H and O–H groups in total. The van der Waals surface area contributed by atoms with Crippen molar-refractivity contribution in [2.75, 3.05) is 25.0 Å². The van der Waals surface area contributed by atoms with Crippen LogP contribution in [0.4, 0.5) is 18.9 Å². The lowest BCUT2D eigenvalue weighted by atomic mass is 10.0. The van der Waals surface area contributed by atoms with Crippen LogP contribution >= 0.6 is 0 Å². The maximum atomic E-state index is 13.3. The standard InChI is InChI=1S/C26H30F3N3O/c27-26(28,29)22-11-2-1-8-20(22)14-15-25(33)31-17-5-9-21-10-6-19-32(21)24-13-4-3-12-23(24)30-16-7-18-31/h1-4,6,8,10-13,19,25,30,33H,5,7,9,14-18H2/t25-/m0/s1. The number of para-hydroxylation sites is 2. The maximum absolute atomic E-state index is 13.3. The van der Waals surface area contributed by atoms with Crippen molar-refractivity contribution < 1.29 is 18.3 Å². The predicted octanol–water partition coefficient (Wildman–Crippen LogP) is 5.50. The quantitative estimate of drug-likeness (QED) is 0.544. The normalized spacial score (nSPS) is 16.6. The highest BCUT2D eigenvalue weighted by Gasteiger charge is 2.33. The lowest BCUT2D eigenvalue weighted by molar-refractivity contribution is -0.138. The molecule has 1 aliphatic heterocycles. The fraction of sp³-hybridized carbons (Fsp3) is 0.385. The van der Waals surface area contributed by atoms with Crippen LogP contribution in [0, 0.1) is 0 Å². The van der Waals surface area contributed by atoms with Gasteiger partial charge in [0.25, 0.3) is 0 Å². The van der Waals surface area contributed by atoms with E-state index in [-0.39, 0.29) is 18.4 Å². The molecule has 0 spiro atoms. The Morgan fingerprint density at radius 2 is 1.70 bits per heavy atom. The fourth-order valence-corrected chi connectivity index (χ4v) is 4.55. The third-order valence-electron chi connectivity index (χ3n) is 6.23. The number of alkyl halides is 3. The van der Waals surface area contributed by atoms with Crippen molar-refractivity contribution >= 4 is 5.69 Å². The molecule has 2 aromatic carbocycles. The monoisotopic (exact) mass is 457 g/mol. The van der Waals surface area contributed by atoms with Gasteiger partial charge in [-0.15, -0.1) is 0 Å². The summed E-state index contributed by atoms with van der Waals surface area (Å²) in [6.07, 6.45) is -0.131. The van der Waals surface area contributed by atoms with Gasteiger partial charge in [0.1, 0.15) is 6.23 Å². The lowest BCUT2D eigenvalue weighted by Gasteiger charge is -2.29. The molecule has 0 fully saturated rings. The largest absolute Gasteiger partial charge is 0.416 e. The number of aryl methyl sites for hydroxylation is 2. The number of aromatic nitrogens is 1. The van der Waals surface area contributed by atoms with Gasteiger partial charge < -0.3 is 15.0 Å². The summed E-state index contributed by atoms with van der Waals surface area (Å²) in [6, 6.07) is 18.0. The molecule has 1 atom stereocenters. The fourth-order valence-electron chi connectivity index (χ4n) is 4.55. The molecule has 0 unspecified atom stereocenters. The second kappa shape index (κ2) is 10.4. The van der Waals surface area contributed by atoms with Gasteiger partial charge in [-0.2, -0.15) is 13.2 Å². The van der Waals surface area contributed by atoms with Gasteiger partial charge in [0, 0.05) is 31.5 Å². The molecular formula is C26H30F3N3O. The van der Waals surface area contributed by atoms with Crippen molar-refractivity contribution in [1.29, 1.82) is 0 Å². The highest BCUT2D eigenvalue weighted by atomic mass is 19.4. The number of hydrogen-bond donors (Lipinski definition) is 2. The van der Waals surface area contributed by atoms with E-state index in [0.717, 1.165) is 43.2 Å². The van der Waals surface area contributed by atoms with Crippen molar-refractivity contribution in [1.82, 2.24) is 9.47 Å². The number of halogens is 3. The molecular weight excluding hydrogens is 427 g/mol. The summed E-state index contributed by atoms with van der Waals surface area (Å²) in [5.41, 5.74) is 2.99. The van der Waals surface area contributed by atoms with Crippen molar-refractivity contribution in [3.05, 3.63) is 83.7 Å². The molecule has 7 heteroatoms. The molecule has 0 saturated heterocycles. The first-order chi connectivity index (χ1) is 15.9. The highest BCUT2D eigenvalue weighted by Crippen LogP contribution is 2.32. The van der Waals surface area contributed by atoms with E-state index in [0.29, 0.717) is 13.1 Å². The van der Waals surface area contributed by atoms with E-state index in [9.17, 15) is 18.3 Å². The Balaban J connectivity index is 1.44. The zero-order chi connectivity index (χ0) is 23.3. The van der Waals surface area contributed by atoms with Gasteiger partial charge in [-0.05, 0) is 68.0 Å². The molecule has 0 saturated carbocycles. The number of benzene rings is 2. The van der Waals surface area contributed by atoms with Crippen LogP contribution in [0.2, 0.25) is 0 Å². The minimum Gasteiger partial charge on any atom is -0.383 e. The number of nitrogens with one attached hydrogen (secondary N) is 1. The lowest BCUT2D eigenvalue weighted by Crippen LogP contribution is -2.38. The number of nitrogens with zero attached hydrogens (tertiary/aromatic N) is 2. The van der Waals surface area contributed by atoms with Gasteiger partial charge in [0.15, 0.2) is 0 Å². The van der Waals surface area contributed by atoms with Crippen LogP contribution < -0.4 is 5.32 Å². The summed E-state index contributed by atoms with van der Waals surface area (Å²) >= 11 is 0. The van der Waals surface area contributed by atoms with Gasteiger partial charge in [-0.25, -0.2) is 0 Å². The Morgan fingerprint density at radius 3 is 2.55 bits per heavy atom. The number of hydrogen-bond acceptors (Lipinski definition) is 3. The van der Waals surface area contributed by atoms with Crippen LogP contribution in [0.25, 0.3) is 5.69 Å². The zero-order valence-corrected chi connectivity index (χ0v) is 18.6. The number of fused-ring (bicyclic) bond motifs is 3. The predicted molar refractivity (Wildman–Crippen MR) is 125 cm³/mol. The van der Waals surface area contributed by atoms with E-state index < -0.39 is 18.0 Å². The Bertz CT molecular complexity index is 1050. The number of anilines is 1. The van der Waals surface area contributed by atoms with Gasteiger partial charge >= 0.3 is 6.18 Å². The first-order valence-electron chi connectivity index (χ1n) is 11.5. The smallest absolute Gasteiger partial charge is 0.383 e. The SMILES string of the molecule is O[C@@H](CCc1ccccc1C(F)(F)F)N1CCCNc2ccccc2-n2cccc2CCC1. The third-order valence-corrected chi connectivity index (χ3v) is 6.23. The van der Waals surface area contributed by atoms with E-state index in [2.05, 4.69) is 34.3 Å². The average molecular weight is 458 g/mol. The summed E-state index contributed by atoms with van der Waals surface area (Å²) < 4.78 is 42.1. The van der Waals surface area contributed by atoms with Crippen LogP contribution in [-0.2, 0) is 19.0 Å². The van der Waals surface area contributed by atoms with Crippen LogP contribution in [0.15, 0.2) is 66.9 Å². The van der Waals surface area contributed by atoms with Gasteiger partial charge in [-0.3, -0.25) is 4.90 Å². The van der Waals surface area contributed by atoms with Crippen molar-refractivity contribution in [2.45, 2.75) is 44.5 Å². The van der Waals surface area contributed by atoms with Gasteiger partial charge in [0.2, 0.25) is 0 Å². The summed E-state index contributed by atoms with van der Waals surface area (Å²) in [7, 11) is 0. The van der Waals surface area contributed by atoms with E-state index in [1.807, 2.05) is 23.1 Å². The van der Waals surface area contributed by atoms with E-state index in [1.54, 1.807) is 6.07 Å². The molecule has 1 aliphatic rings. The van der Waals surface area contributed by atoms with Crippen LogP contribution in [0.1, 0.15) is 36.1 Å². The molecule has 0 aliphatic carbocycles. The highest BCUT2D eigenvalue weighted by molar-refractivity contribution is 5.61. The van der Waals surface area contributed by atoms with Crippen LogP contribution in [0.3, 0.4) is 0 Å². The molecule has 4 nitrogen and oxygen atoms in total. The Morgan fingerprint density at radius 1 is 0.939 bits per heavy atom. The molecule has 176 valence electrons. The van der Waals surface area contributed by atoms with E-state index >= 15 is 0 Å². The number of aliphatic hydroxyl groups excluding tert-OH is 1. The Hall–Kier alpha value is -2.77. The molecule has 1 aromatic heterocycles. The van der Waals surface area contributed by atoms with Crippen molar-refractivity contribution in [3.8, 4) is 5.69 Å². The first-order valence-corrected chi connectivity index (χ1v) is 11.5. The van der Waals surface area contributed by atoms with Gasteiger partial charge in [-0.1, -0.05) is 30.3 Å². The summed E-state index contributed by atoms with van der Waals surface area (Å²) in [4.78, 5) is 2.00. The molecule has 3 aromatic rings. The molecule has 2 heterocycles. The molecule has 4 rings (SSSR count). The van der Waals surface area contributed by atoms with Gasteiger partial charge in [0.05, 0.1) is 16.9 Å². The molecule has 33 heavy (non-hydrogen) atoms. The topological polar surface area (TPSA) is 40.4 Å². The van der Waals surface area contributed by atoms with Crippen LogP contribution in [0.5, 0.6) is 0 Å². The Kier molecular flexibility index (Phi) is 7.40. The van der Waals surface area contributed by atoms with Crippen molar-refractivity contribution in [3.63, 3.8) is 0 Å². The minimum atomic E-state index is -4.38. The molecule has 0 bridgehead atoms. The number of aliphatic hydroxyl groups is 1. The Labute approximate surface area is 192 Å². The van der Waals surface area contributed by atoms with Crippen molar-refractivity contribution in [2.24, 2.45) is 0 Å². The van der Waals surface area contributed by atoms with E-state index in [1.165, 1.54) is 17.8 Å². The maximum Gasteiger partial charge on any atom is 0.416 e. The number of rotatable bonds is 4. The molecule has 0 radical (unpaired) electrons. The second-order valence-electron chi connectivity index (χ2n) is 8.48. The van der Waals surface area contributed by atoms with E-state index in [4.69, 9.17) is 0 Å².